The molecule has 1 aromatic carbocycles. The van der Waals surface area contributed by atoms with E-state index >= 15 is 0 Å². The second-order valence-electron chi connectivity index (χ2n) is 7.28. The van der Waals surface area contributed by atoms with E-state index in [4.69, 9.17) is 0 Å². The Morgan fingerprint density at radius 1 is 0.774 bits per heavy atom. The summed E-state index contributed by atoms with van der Waals surface area (Å²) >= 11 is 0. The van der Waals surface area contributed by atoms with Gasteiger partial charge in [0, 0.05) is 52.3 Å². The Morgan fingerprint density at radius 3 is 2.58 bits per heavy atom. The van der Waals surface area contributed by atoms with Crippen LogP contribution in [0.2, 0.25) is 0 Å². The van der Waals surface area contributed by atoms with Crippen molar-refractivity contribution < 1.29 is 4.39 Å². The molecule has 31 heavy (non-hydrogen) atoms. The van der Waals surface area contributed by atoms with Gasteiger partial charge < -0.3 is 4.98 Å². The average molecular weight is 406 g/mol. The van der Waals surface area contributed by atoms with E-state index in [-0.39, 0.29) is 5.82 Å². The zero-order valence-electron chi connectivity index (χ0n) is 16.2. The molecule has 0 saturated heterocycles. The van der Waals surface area contributed by atoms with Crippen molar-refractivity contribution in [3.05, 3.63) is 85.3 Å². The number of nitrogens with one attached hydrogen (secondary N) is 2. The van der Waals surface area contributed by atoms with Crippen LogP contribution in [0.15, 0.2) is 79.5 Å². The molecule has 0 spiro atoms. The van der Waals surface area contributed by atoms with Crippen LogP contribution in [0, 0.1) is 5.82 Å². The van der Waals surface area contributed by atoms with E-state index in [0.29, 0.717) is 5.65 Å². The molecule has 0 amide bonds. The number of rotatable bonds is 3. The predicted molar refractivity (Wildman–Crippen MR) is 118 cm³/mol. The molecule has 0 aliphatic carbocycles. The third kappa shape index (κ3) is 2.95. The fraction of sp³-hybridized carbons (Fsp3) is 0. The molecule has 5 aromatic heterocycles. The number of hydrogen-bond acceptors (Lipinski definition) is 4. The molecule has 0 unspecified atom stereocenters. The van der Waals surface area contributed by atoms with Gasteiger partial charge in [0.25, 0.3) is 0 Å². The highest BCUT2D eigenvalue weighted by molar-refractivity contribution is 6.00. The molecule has 6 nitrogen and oxygen atoms in total. The molecule has 0 atom stereocenters. The lowest BCUT2D eigenvalue weighted by atomic mass is 10.0. The molecule has 2 N–H and O–H groups in total. The molecule has 7 heteroatoms. The molecule has 6 rings (SSSR count). The minimum Gasteiger partial charge on any atom is -0.352 e. The van der Waals surface area contributed by atoms with Crippen LogP contribution in [0.1, 0.15) is 0 Å². The summed E-state index contributed by atoms with van der Waals surface area (Å²) in [5, 5.41) is 9.34. The van der Waals surface area contributed by atoms with Gasteiger partial charge >= 0.3 is 0 Å². The Kier molecular flexibility index (Phi) is 3.86. The fourth-order valence-corrected chi connectivity index (χ4v) is 3.86. The highest BCUT2D eigenvalue weighted by Gasteiger charge is 2.15. The Balaban J connectivity index is 1.52. The molecule has 6 aromatic rings. The molecule has 0 bridgehead atoms. The third-order valence-corrected chi connectivity index (χ3v) is 5.35. The maximum absolute atomic E-state index is 13.8. The number of fused-ring (bicyclic) bond motifs is 2. The van der Waals surface area contributed by atoms with Crippen LogP contribution >= 0.6 is 0 Å². The van der Waals surface area contributed by atoms with Gasteiger partial charge in [-0.05, 0) is 35.9 Å². The molecule has 0 aliphatic rings. The number of halogens is 1. The van der Waals surface area contributed by atoms with Gasteiger partial charge in [-0.2, -0.15) is 5.10 Å². The monoisotopic (exact) mass is 406 g/mol. The van der Waals surface area contributed by atoms with E-state index in [1.165, 1.54) is 12.1 Å². The van der Waals surface area contributed by atoms with Crippen LogP contribution in [-0.2, 0) is 0 Å². The van der Waals surface area contributed by atoms with Gasteiger partial charge in [0.1, 0.15) is 11.5 Å². The van der Waals surface area contributed by atoms with Gasteiger partial charge in [0.05, 0.1) is 17.4 Å². The van der Waals surface area contributed by atoms with Crippen molar-refractivity contribution in [1.29, 1.82) is 0 Å². The minimum absolute atomic E-state index is 0.280. The van der Waals surface area contributed by atoms with Crippen molar-refractivity contribution in [2.24, 2.45) is 0 Å². The number of aromatic nitrogens is 6. The first-order chi connectivity index (χ1) is 15.3. The lowest BCUT2D eigenvalue weighted by Crippen LogP contribution is -1.83. The minimum atomic E-state index is -0.280. The lowest BCUT2D eigenvalue weighted by molar-refractivity contribution is 0.628. The summed E-state index contributed by atoms with van der Waals surface area (Å²) in [6, 6.07) is 14.5. The van der Waals surface area contributed by atoms with E-state index in [2.05, 4.69) is 36.2 Å². The summed E-state index contributed by atoms with van der Waals surface area (Å²) in [5.74, 6) is -0.280. The number of pyridine rings is 3. The number of hydrogen-bond donors (Lipinski definition) is 2. The van der Waals surface area contributed by atoms with Crippen molar-refractivity contribution >= 4 is 21.9 Å². The molecule has 5 heterocycles. The zero-order chi connectivity index (χ0) is 20.8. The van der Waals surface area contributed by atoms with Crippen molar-refractivity contribution in [1.82, 2.24) is 30.1 Å². The van der Waals surface area contributed by atoms with Crippen molar-refractivity contribution in [3.8, 4) is 33.6 Å². The van der Waals surface area contributed by atoms with E-state index in [9.17, 15) is 4.39 Å². The first-order valence-electron chi connectivity index (χ1n) is 9.74. The lowest BCUT2D eigenvalue weighted by Gasteiger charge is -2.02. The summed E-state index contributed by atoms with van der Waals surface area (Å²) in [6.07, 6.45) is 8.86. The number of H-pyrrole nitrogens is 2. The number of benzene rings is 1. The first-order valence-corrected chi connectivity index (χ1v) is 9.74. The summed E-state index contributed by atoms with van der Waals surface area (Å²) in [4.78, 5) is 16.4. The normalized spacial score (nSPS) is 11.4. The SMILES string of the molecule is Fc1cccc(-c2cncc3[nH]c(-c4n[nH]c5ncc(-c6cccnc6)cc45)cc23)c1. The summed E-state index contributed by atoms with van der Waals surface area (Å²) < 4.78 is 13.8. The van der Waals surface area contributed by atoms with Crippen LogP contribution in [0.25, 0.3) is 55.6 Å². The van der Waals surface area contributed by atoms with Crippen molar-refractivity contribution in [3.63, 3.8) is 0 Å². The predicted octanol–water partition coefficient (Wildman–Crippen LogP) is 5.37. The second kappa shape index (κ2) is 6.84. The van der Waals surface area contributed by atoms with E-state index in [0.717, 1.165) is 49.9 Å². The van der Waals surface area contributed by atoms with Crippen LogP contribution in [0.4, 0.5) is 4.39 Å². The van der Waals surface area contributed by atoms with Gasteiger partial charge in [-0.1, -0.05) is 18.2 Å². The standard InChI is InChI=1S/C24H15FN6/c25-17-5-1-3-14(7-17)20-12-27-13-22-18(20)9-21(29-22)23-19-8-16(11-28-24(19)31-30-23)15-4-2-6-26-10-15/h1-13,29H,(H,28,30,31). The molecule has 0 fully saturated rings. The average Bonchev–Trinajstić information content (AvgIpc) is 3.43. The van der Waals surface area contributed by atoms with Gasteiger partial charge in [0.2, 0.25) is 0 Å². The smallest absolute Gasteiger partial charge is 0.155 e. The van der Waals surface area contributed by atoms with E-state index < -0.39 is 0 Å². The summed E-state index contributed by atoms with van der Waals surface area (Å²) in [6.45, 7) is 0. The Labute approximate surface area is 175 Å². The van der Waals surface area contributed by atoms with Gasteiger partial charge in [0.15, 0.2) is 5.65 Å². The van der Waals surface area contributed by atoms with Crippen LogP contribution in [0.3, 0.4) is 0 Å². The first kappa shape index (κ1) is 17.5. The van der Waals surface area contributed by atoms with Crippen LogP contribution in [0.5, 0.6) is 0 Å². The maximum atomic E-state index is 13.8. The number of nitrogens with zero attached hydrogens (tertiary/aromatic N) is 4. The molecule has 0 radical (unpaired) electrons. The highest BCUT2D eigenvalue weighted by atomic mass is 19.1. The Bertz CT molecular complexity index is 1550. The van der Waals surface area contributed by atoms with Gasteiger partial charge in [-0.3, -0.25) is 15.1 Å². The quantitative estimate of drug-likeness (QED) is 0.414. The van der Waals surface area contributed by atoms with Crippen molar-refractivity contribution in [2.75, 3.05) is 0 Å². The molecular formula is C24H15FN6. The topological polar surface area (TPSA) is 83.1 Å². The van der Waals surface area contributed by atoms with E-state index in [1.807, 2.05) is 30.5 Å². The molecule has 0 aliphatic heterocycles. The van der Waals surface area contributed by atoms with E-state index in [1.54, 1.807) is 30.9 Å². The van der Waals surface area contributed by atoms with Crippen LogP contribution < -0.4 is 0 Å². The Hall–Kier alpha value is -4.39. The fourth-order valence-electron chi connectivity index (χ4n) is 3.86. The number of aromatic amines is 2. The van der Waals surface area contributed by atoms with Gasteiger partial charge in [-0.25, -0.2) is 9.37 Å². The third-order valence-electron chi connectivity index (χ3n) is 5.35. The van der Waals surface area contributed by atoms with Gasteiger partial charge in [-0.15, -0.1) is 0 Å². The van der Waals surface area contributed by atoms with Crippen molar-refractivity contribution in [2.45, 2.75) is 0 Å². The summed E-state index contributed by atoms with van der Waals surface area (Å²) in [7, 11) is 0. The zero-order valence-corrected chi connectivity index (χ0v) is 16.2. The maximum Gasteiger partial charge on any atom is 0.155 e. The molecule has 148 valence electrons. The van der Waals surface area contributed by atoms with Crippen LogP contribution in [-0.4, -0.2) is 30.1 Å². The Morgan fingerprint density at radius 2 is 1.71 bits per heavy atom. The largest absolute Gasteiger partial charge is 0.352 e. The highest BCUT2D eigenvalue weighted by Crippen LogP contribution is 2.34. The molecular weight excluding hydrogens is 391 g/mol. The summed E-state index contributed by atoms with van der Waals surface area (Å²) in [5.41, 5.74) is 6.71. The molecule has 0 saturated carbocycles. The second-order valence-corrected chi connectivity index (χ2v) is 7.28.